The molecule has 0 saturated heterocycles. The van der Waals surface area contributed by atoms with Crippen molar-refractivity contribution in [1.29, 1.82) is 0 Å². The van der Waals surface area contributed by atoms with Crippen molar-refractivity contribution in [2.75, 3.05) is 13.6 Å². The van der Waals surface area contributed by atoms with E-state index >= 15 is 0 Å². The zero-order chi connectivity index (χ0) is 16.8. The molecule has 24 heavy (non-hydrogen) atoms. The number of rotatable bonds is 6. The van der Waals surface area contributed by atoms with Crippen molar-refractivity contribution in [1.82, 2.24) is 19.8 Å². The number of guanidine groups is 1. The summed E-state index contributed by atoms with van der Waals surface area (Å²) in [5, 5.41) is 6.62. The van der Waals surface area contributed by atoms with E-state index in [9.17, 15) is 0 Å². The summed E-state index contributed by atoms with van der Waals surface area (Å²) in [7, 11) is 4.11. The van der Waals surface area contributed by atoms with Gasteiger partial charge in [-0.1, -0.05) is 6.92 Å². The summed E-state index contributed by atoms with van der Waals surface area (Å²) in [6, 6.07) is 2.13. The van der Waals surface area contributed by atoms with Crippen LogP contribution in [0, 0.1) is 0 Å². The summed E-state index contributed by atoms with van der Waals surface area (Å²) in [6.07, 6.45) is 3.05. The molecular weight excluding hydrogens is 501 g/mol. The number of aliphatic imine (C=N–C) groups is 1. The number of hydrogen-bond acceptors (Lipinski definition) is 3. The van der Waals surface area contributed by atoms with Crippen LogP contribution in [0.2, 0.25) is 0 Å². The Morgan fingerprint density at radius 1 is 1.46 bits per heavy atom. The van der Waals surface area contributed by atoms with Gasteiger partial charge in [0.2, 0.25) is 0 Å². The van der Waals surface area contributed by atoms with Gasteiger partial charge in [0.1, 0.15) is 0 Å². The molecule has 0 fully saturated rings. The average Bonchev–Trinajstić information content (AvgIpc) is 3.10. The van der Waals surface area contributed by atoms with Crippen molar-refractivity contribution in [3.05, 3.63) is 38.5 Å². The topological polar surface area (TPSA) is 45.5 Å². The Balaban J connectivity index is 0.00000288. The van der Waals surface area contributed by atoms with Crippen molar-refractivity contribution in [2.24, 2.45) is 12.0 Å². The molecule has 2 aromatic heterocycles. The quantitative estimate of drug-likeness (QED) is 0.352. The molecule has 1 N–H and O–H groups in total. The molecule has 2 heterocycles. The number of nitrogens with zero attached hydrogens (tertiary/aromatic N) is 4. The van der Waals surface area contributed by atoms with E-state index in [1.54, 1.807) is 11.3 Å². The lowest BCUT2D eigenvalue weighted by molar-refractivity contribution is 0.461. The van der Waals surface area contributed by atoms with Crippen molar-refractivity contribution < 1.29 is 0 Å². The smallest absolute Gasteiger partial charge is 0.194 e. The molecular formula is C16H25BrIN5S. The molecule has 2 aromatic rings. The molecule has 0 aliphatic heterocycles. The molecule has 0 atom stereocenters. The average molecular weight is 526 g/mol. The van der Waals surface area contributed by atoms with E-state index < -0.39 is 0 Å². The van der Waals surface area contributed by atoms with Gasteiger partial charge in [-0.15, -0.1) is 35.3 Å². The molecule has 0 radical (unpaired) electrons. The Labute approximate surface area is 173 Å². The second-order valence-corrected chi connectivity index (χ2v) is 7.23. The Hall–Kier alpha value is -0.610. The molecule has 0 bridgehead atoms. The van der Waals surface area contributed by atoms with Crippen molar-refractivity contribution >= 4 is 57.2 Å². The predicted molar refractivity (Wildman–Crippen MR) is 116 cm³/mol. The molecule has 5 nitrogen and oxygen atoms in total. The fourth-order valence-electron chi connectivity index (χ4n) is 2.25. The summed E-state index contributed by atoms with van der Waals surface area (Å²) >= 11 is 5.23. The van der Waals surface area contributed by atoms with Gasteiger partial charge < -0.3 is 14.8 Å². The number of aryl methyl sites for hydroxylation is 2. The minimum absolute atomic E-state index is 0. The summed E-state index contributed by atoms with van der Waals surface area (Å²) in [5.74, 6) is 0.899. The van der Waals surface area contributed by atoms with E-state index in [1.165, 1.54) is 10.7 Å². The molecule has 0 aliphatic rings. The summed E-state index contributed by atoms with van der Waals surface area (Å²) in [4.78, 5) is 11.4. The Morgan fingerprint density at radius 2 is 2.21 bits per heavy atom. The highest BCUT2D eigenvalue weighted by molar-refractivity contribution is 14.0. The zero-order valence-electron chi connectivity index (χ0n) is 14.5. The van der Waals surface area contributed by atoms with E-state index in [2.05, 4.69) is 81.3 Å². The van der Waals surface area contributed by atoms with Crippen LogP contribution in [0.3, 0.4) is 0 Å². The Morgan fingerprint density at radius 3 is 2.75 bits per heavy atom. The molecule has 134 valence electrons. The van der Waals surface area contributed by atoms with Gasteiger partial charge in [-0.05, 0) is 35.3 Å². The normalized spacial score (nSPS) is 11.3. The second kappa shape index (κ2) is 10.4. The van der Waals surface area contributed by atoms with Gasteiger partial charge >= 0.3 is 0 Å². The van der Waals surface area contributed by atoms with Crippen LogP contribution in [0.4, 0.5) is 0 Å². The maximum absolute atomic E-state index is 4.72. The van der Waals surface area contributed by atoms with Crippen LogP contribution in [0.15, 0.2) is 27.1 Å². The highest BCUT2D eigenvalue weighted by atomic mass is 127. The van der Waals surface area contributed by atoms with Crippen molar-refractivity contribution in [3.8, 4) is 0 Å². The fraction of sp³-hybridized carbons (Fsp3) is 0.500. The van der Waals surface area contributed by atoms with E-state index in [4.69, 9.17) is 4.99 Å². The lowest BCUT2D eigenvalue weighted by Gasteiger charge is -2.22. The number of hydrogen-bond donors (Lipinski definition) is 1. The van der Waals surface area contributed by atoms with Crippen LogP contribution in [0.25, 0.3) is 0 Å². The first-order valence-electron chi connectivity index (χ1n) is 7.77. The molecule has 0 amide bonds. The Kier molecular flexibility index (Phi) is 9.28. The molecule has 0 unspecified atom stereocenters. The number of halogens is 2. The minimum Gasteiger partial charge on any atom is -0.357 e. The van der Waals surface area contributed by atoms with Crippen LogP contribution >= 0.6 is 51.2 Å². The van der Waals surface area contributed by atoms with Gasteiger partial charge in [-0.3, -0.25) is 0 Å². The first kappa shape index (κ1) is 21.4. The monoisotopic (exact) mass is 525 g/mol. The zero-order valence-corrected chi connectivity index (χ0v) is 19.3. The standard InChI is InChI=1S/C16H24BrN5S.HI/c1-5-15-20-13(11-23-15)8-19-16(18-6-2)22(4)10-14-7-12(17)9-21(14)3;/h7,9,11H,5-6,8,10H2,1-4H3,(H,18,19);1H. The highest BCUT2D eigenvalue weighted by Crippen LogP contribution is 2.15. The first-order valence-corrected chi connectivity index (χ1v) is 9.44. The maximum atomic E-state index is 4.72. The van der Waals surface area contributed by atoms with Crippen LogP contribution in [0.1, 0.15) is 30.2 Å². The van der Waals surface area contributed by atoms with E-state index in [0.29, 0.717) is 6.54 Å². The van der Waals surface area contributed by atoms with Crippen LogP contribution in [-0.2, 0) is 26.6 Å². The largest absolute Gasteiger partial charge is 0.357 e. The molecule has 0 saturated carbocycles. The van der Waals surface area contributed by atoms with Gasteiger partial charge in [0.15, 0.2) is 5.96 Å². The highest BCUT2D eigenvalue weighted by Gasteiger charge is 2.10. The maximum Gasteiger partial charge on any atom is 0.194 e. The third kappa shape index (κ3) is 6.03. The molecule has 2 rings (SSSR count). The fourth-order valence-corrected chi connectivity index (χ4v) is 3.56. The summed E-state index contributed by atoms with van der Waals surface area (Å²) < 4.78 is 3.22. The second-order valence-electron chi connectivity index (χ2n) is 5.37. The van der Waals surface area contributed by atoms with E-state index in [0.717, 1.165) is 35.6 Å². The van der Waals surface area contributed by atoms with Crippen LogP contribution in [0.5, 0.6) is 0 Å². The van der Waals surface area contributed by atoms with Crippen LogP contribution < -0.4 is 5.32 Å². The number of nitrogens with one attached hydrogen (secondary N) is 1. The Bertz CT molecular complexity index is 667. The van der Waals surface area contributed by atoms with Crippen molar-refractivity contribution in [2.45, 2.75) is 33.4 Å². The number of thiazole rings is 1. The molecule has 0 aromatic carbocycles. The summed E-state index contributed by atoms with van der Waals surface area (Å²) in [6.45, 7) is 6.46. The lowest BCUT2D eigenvalue weighted by Crippen LogP contribution is -2.38. The van der Waals surface area contributed by atoms with Gasteiger partial charge in [0.25, 0.3) is 0 Å². The minimum atomic E-state index is 0. The van der Waals surface area contributed by atoms with E-state index in [-0.39, 0.29) is 24.0 Å². The third-order valence-corrected chi connectivity index (χ3v) is 4.94. The van der Waals surface area contributed by atoms with Gasteiger partial charge in [-0.2, -0.15) is 0 Å². The lowest BCUT2D eigenvalue weighted by atomic mass is 10.4. The SMILES string of the molecule is CCNC(=NCc1csc(CC)n1)N(C)Cc1cc(Br)cn1C.I. The number of aromatic nitrogens is 2. The van der Waals surface area contributed by atoms with Crippen molar-refractivity contribution in [3.63, 3.8) is 0 Å². The summed E-state index contributed by atoms with van der Waals surface area (Å²) in [5.41, 5.74) is 2.27. The van der Waals surface area contributed by atoms with Gasteiger partial charge in [0, 0.05) is 42.4 Å². The molecule has 8 heteroatoms. The van der Waals surface area contributed by atoms with E-state index in [1.807, 2.05) is 0 Å². The predicted octanol–water partition coefficient (Wildman–Crippen LogP) is 4.02. The first-order chi connectivity index (χ1) is 11.0. The molecule has 0 spiro atoms. The third-order valence-electron chi connectivity index (χ3n) is 3.46. The van der Waals surface area contributed by atoms with Crippen LogP contribution in [-0.4, -0.2) is 34.0 Å². The molecule has 0 aliphatic carbocycles. The van der Waals surface area contributed by atoms with Gasteiger partial charge in [0.05, 0.1) is 23.8 Å². The van der Waals surface area contributed by atoms with Gasteiger partial charge in [-0.25, -0.2) is 9.98 Å².